The van der Waals surface area contributed by atoms with Crippen LogP contribution in [-0.2, 0) is 9.53 Å². The van der Waals surface area contributed by atoms with Crippen molar-refractivity contribution in [3.8, 4) is 6.07 Å². The van der Waals surface area contributed by atoms with E-state index in [4.69, 9.17) is 10.00 Å². The maximum absolute atomic E-state index is 11.9. The number of ether oxygens (including phenoxy) is 1. The molecular formula is C16H18N2O3. The van der Waals surface area contributed by atoms with Crippen LogP contribution in [0.5, 0.6) is 0 Å². The van der Waals surface area contributed by atoms with Crippen LogP contribution in [0.15, 0.2) is 42.1 Å². The lowest BCUT2D eigenvalue weighted by molar-refractivity contribution is -0.139. The van der Waals surface area contributed by atoms with Crippen molar-refractivity contribution in [2.45, 2.75) is 6.92 Å². The summed E-state index contributed by atoms with van der Waals surface area (Å²) in [5.74, 6) is -0.543. The molecular weight excluding hydrogens is 268 g/mol. The van der Waals surface area contributed by atoms with Crippen molar-refractivity contribution in [2.24, 2.45) is 0 Å². The largest absolute Gasteiger partial charge is 0.461 e. The number of aliphatic hydroxyl groups excluding tert-OH is 1. The SMILES string of the molecule is C=C(/C(CO)=C(\NC)C(=O)OCC)c1ccc(C#N)cc1. The molecule has 0 atom stereocenters. The van der Waals surface area contributed by atoms with Crippen molar-refractivity contribution < 1.29 is 14.6 Å². The molecule has 0 fully saturated rings. The summed E-state index contributed by atoms with van der Waals surface area (Å²) in [6, 6.07) is 8.77. The zero-order valence-corrected chi connectivity index (χ0v) is 12.1. The molecule has 0 saturated heterocycles. The Bertz CT molecular complexity index is 595. The average Bonchev–Trinajstić information content (AvgIpc) is 2.52. The molecule has 0 heterocycles. The Kier molecular flexibility index (Phi) is 6.18. The summed E-state index contributed by atoms with van der Waals surface area (Å²) in [4.78, 5) is 11.9. The van der Waals surface area contributed by atoms with Crippen LogP contribution in [0.4, 0.5) is 0 Å². The molecule has 0 aromatic heterocycles. The van der Waals surface area contributed by atoms with Gasteiger partial charge in [-0.2, -0.15) is 5.26 Å². The van der Waals surface area contributed by atoms with Gasteiger partial charge in [0, 0.05) is 12.6 Å². The predicted octanol–water partition coefficient (Wildman–Crippen LogP) is 1.60. The van der Waals surface area contributed by atoms with Crippen molar-refractivity contribution in [3.05, 3.63) is 53.2 Å². The minimum absolute atomic E-state index is 0.175. The van der Waals surface area contributed by atoms with Crippen molar-refractivity contribution in [1.29, 1.82) is 5.26 Å². The highest BCUT2D eigenvalue weighted by Crippen LogP contribution is 2.23. The third-order valence-corrected chi connectivity index (χ3v) is 2.92. The Hall–Kier alpha value is -2.58. The number of hydrogen-bond donors (Lipinski definition) is 2. The molecule has 0 aliphatic rings. The molecule has 0 aliphatic carbocycles. The molecule has 1 rings (SSSR count). The summed E-state index contributed by atoms with van der Waals surface area (Å²) in [6.45, 7) is 5.51. The Morgan fingerprint density at radius 1 is 1.43 bits per heavy atom. The second-order valence-electron chi connectivity index (χ2n) is 4.15. The topological polar surface area (TPSA) is 82.3 Å². The van der Waals surface area contributed by atoms with E-state index >= 15 is 0 Å². The lowest BCUT2D eigenvalue weighted by Crippen LogP contribution is -2.22. The maximum Gasteiger partial charge on any atom is 0.354 e. The average molecular weight is 286 g/mol. The summed E-state index contributed by atoms with van der Waals surface area (Å²) >= 11 is 0. The molecule has 0 aliphatic heterocycles. The number of carbonyl (C=O) groups is 1. The van der Waals surface area contributed by atoms with Gasteiger partial charge in [-0.1, -0.05) is 18.7 Å². The summed E-state index contributed by atoms with van der Waals surface area (Å²) in [5, 5.41) is 21.1. The molecule has 110 valence electrons. The van der Waals surface area contributed by atoms with E-state index in [1.807, 2.05) is 6.07 Å². The van der Waals surface area contributed by atoms with Crippen molar-refractivity contribution >= 4 is 11.5 Å². The molecule has 0 bridgehead atoms. The van der Waals surface area contributed by atoms with Crippen LogP contribution in [0.25, 0.3) is 5.57 Å². The number of benzene rings is 1. The Morgan fingerprint density at radius 3 is 2.48 bits per heavy atom. The number of esters is 1. The fourth-order valence-corrected chi connectivity index (χ4v) is 1.82. The minimum Gasteiger partial charge on any atom is -0.461 e. The first-order valence-corrected chi connectivity index (χ1v) is 6.47. The van der Waals surface area contributed by atoms with Crippen LogP contribution >= 0.6 is 0 Å². The van der Waals surface area contributed by atoms with Crippen molar-refractivity contribution in [2.75, 3.05) is 20.3 Å². The smallest absolute Gasteiger partial charge is 0.354 e. The fourth-order valence-electron chi connectivity index (χ4n) is 1.82. The van der Waals surface area contributed by atoms with E-state index in [0.29, 0.717) is 16.7 Å². The van der Waals surface area contributed by atoms with Crippen LogP contribution in [0.1, 0.15) is 18.1 Å². The van der Waals surface area contributed by atoms with Crippen LogP contribution in [0.2, 0.25) is 0 Å². The van der Waals surface area contributed by atoms with Crippen LogP contribution in [-0.4, -0.2) is 31.3 Å². The third kappa shape index (κ3) is 3.94. The van der Waals surface area contributed by atoms with E-state index in [9.17, 15) is 9.90 Å². The molecule has 0 unspecified atom stereocenters. The molecule has 1 aromatic carbocycles. The number of likely N-dealkylation sites (N-methyl/N-ethyl adjacent to an activating group) is 1. The number of carbonyl (C=O) groups excluding carboxylic acids is 1. The Labute approximate surface area is 124 Å². The van der Waals surface area contributed by atoms with Gasteiger partial charge in [0.25, 0.3) is 0 Å². The molecule has 0 spiro atoms. The van der Waals surface area contributed by atoms with E-state index in [2.05, 4.69) is 11.9 Å². The Morgan fingerprint density at radius 2 is 2.05 bits per heavy atom. The first-order chi connectivity index (χ1) is 10.1. The first kappa shape index (κ1) is 16.5. The zero-order valence-electron chi connectivity index (χ0n) is 12.1. The van der Waals surface area contributed by atoms with E-state index in [1.165, 1.54) is 0 Å². The highest BCUT2D eigenvalue weighted by Gasteiger charge is 2.18. The molecule has 1 aromatic rings. The number of hydrogen-bond acceptors (Lipinski definition) is 5. The van der Waals surface area contributed by atoms with E-state index in [0.717, 1.165) is 5.56 Å². The molecule has 0 saturated carbocycles. The normalized spacial score (nSPS) is 11.1. The van der Waals surface area contributed by atoms with Crippen LogP contribution < -0.4 is 5.32 Å². The molecule has 0 amide bonds. The number of nitrogens with zero attached hydrogens (tertiary/aromatic N) is 1. The molecule has 5 nitrogen and oxygen atoms in total. The minimum atomic E-state index is -0.543. The van der Waals surface area contributed by atoms with Gasteiger partial charge in [-0.3, -0.25) is 0 Å². The Balaban J connectivity index is 3.19. The van der Waals surface area contributed by atoms with Gasteiger partial charge in [-0.05, 0) is 30.2 Å². The van der Waals surface area contributed by atoms with Gasteiger partial charge in [0.2, 0.25) is 0 Å². The van der Waals surface area contributed by atoms with Gasteiger partial charge >= 0.3 is 5.97 Å². The standard InChI is InChI=1S/C16H18N2O3/c1-4-21-16(20)15(18-3)14(10-19)11(2)13-7-5-12(9-17)6-8-13/h5-8,18-19H,2,4,10H2,1,3H3/b15-14-. The van der Waals surface area contributed by atoms with Gasteiger partial charge in [0.05, 0.1) is 24.8 Å². The zero-order chi connectivity index (χ0) is 15.8. The molecule has 5 heteroatoms. The number of rotatable bonds is 6. The maximum atomic E-state index is 11.9. The molecule has 21 heavy (non-hydrogen) atoms. The van der Waals surface area contributed by atoms with Gasteiger partial charge in [0.1, 0.15) is 5.70 Å². The van der Waals surface area contributed by atoms with E-state index in [-0.39, 0.29) is 18.9 Å². The van der Waals surface area contributed by atoms with E-state index in [1.54, 1.807) is 38.2 Å². The van der Waals surface area contributed by atoms with Gasteiger partial charge in [0.15, 0.2) is 0 Å². The lowest BCUT2D eigenvalue weighted by Gasteiger charge is -2.15. The predicted molar refractivity (Wildman–Crippen MR) is 80.0 cm³/mol. The second-order valence-corrected chi connectivity index (χ2v) is 4.15. The molecule has 0 radical (unpaired) electrons. The summed E-state index contributed by atoms with van der Waals surface area (Å²) in [6.07, 6.45) is 0. The second kappa shape index (κ2) is 7.88. The van der Waals surface area contributed by atoms with Crippen molar-refractivity contribution in [3.63, 3.8) is 0 Å². The van der Waals surface area contributed by atoms with Gasteiger partial charge in [-0.15, -0.1) is 0 Å². The quantitative estimate of drug-likeness (QED) is 0.471. The number of nitriles is 1. The fraction of sp³-hybridized carbons (Fsp3) is 0.250. The van der Waals surface area contributed by atoms with Crippen LogP contribution in [0.3, 0.4) is 0 Å². The van der Waals surface area contributed by atoms with Crippen LogP contribution in [0, 0.1) is 11.3 Å². The number of nitrogens with one attached hydrogen (secondary N) is 1. The summed E-state index contributed by atoms with van der Waals surface area (Å²) in [5.41, 5.74) is 2.28. The summed E-state index contributed by atoms with van der Waals surface area (Å²) in [7, 11) is 1.58. The number of aliphatic hydroxyl groups is 1. The monoisotopic (exact) mass is 286 g/mol. The highest BCUT2D eigenvalue weighted by molar-refractivity contribution is 5.94. The van der Waals surface area contributed by atoms with Gasteiger partial charge < -0.3 is 15.2 Å². The van der Waals surface area contributed by atoms with Crippen molar-refractivity contribution in [1.82, 2.24) is 5.32 Å². The summed E-state index contributed by atoms with van der Waals surface area (Å²) < 4.78 is 4.95. The van der Waals surface area contributed by atoms with E-state index < -0.39 is 5.97 Å². The molecule has 2 N–H and O–H groups in total. The lowest BCUT2D eigenvalue weighted by atomic mass is 9.97. The highest BCUT2D eigenvalue weighted by atomic mass is 16.5. The third-order valence-electron chi connectivity index (χ3n) is 2.92. The first-order valence-electron chi connectivity index (χ1n) is 6.47. The van der Waals surface area contributed by atoms with Gasteiger partial charge in [-0.25, -0.2) is 4.79 Å².